The highest BCUT2D eigenvalue weighted by molar-refractivity contribution is 5.97. The average Bonchev–Trinajstić information content (AvgIpc) is 3.05. The molecule has 0 unspecified atom stereocenters. The summed E-state index contributed by atoms with van der Waals surface area (Å²) in [4.78, 5) is 23.4. The van der Waals surface area contributed by atoms with Crippen LogP contribution in [-0.4, -0.2) is 38.4 Å². The van der Waals surface area contributed by atoms with E-state index >= 15 is 0 Å². The lowest BCUT2D eigenvalue weighted by atomic mass is 10.1. The smallest absolute Gasteiger partial charge is 0.255 e. The lowest BCUT2D eigenvalue weighted by Gasteiger charge is -2.26. The zero-order valence-corrected chi connectivity index (χ0v) is 13.8. The van der Waals surface area contributed by atoms with Gasteiger partial charge in [-0.15, -0.1) is 0 Å². The molecule has 1 saturated heterocycles. The van der Waals surface area contributed by atoms with Crippen molar-refractivity contribution in [2.75, 3.05) is 13.1 Å². The molecule has 5 heteroatoms. The molecule has 1 aliphatic heterocycles. The molecule has 0 bridgehead atoms. The number of hydrogen-bond acceptors (Lipinski definition) is 3. The van der Waals surface area contributed by atoms with Crippen molar-refractivity contribution >= 4 is 16.9 Å². The number of nitrogens with zero attached hydrogens (tertiary/aromatic N) is 4. The van der Waals surface area contributed by atoms with E-state index in [-0.39, 0.29) is 5.91 Å². The first-order chi connectivity index (χ1) is 11.7. The molecule has 24 heavy (non-hydrogen) atoms. The molecule has 1 fully saturated rings. The molecule has 0 aromatic carbocycles. The molecule has 4 rings (SSSR count). The van der Waals surface area contributed by atoms with Crippen LogP contribution in [-0.2, 0) is 0 Å². The first-order valence-corrected chi connectivity index (χ1v) is 8.42. The molecule has 0 atom stereocenters. The predicted molar refractivity (Wildman–Crippen MR) is 93.4 cm³/mol. The van der Waals surface area contributed by atoms with Crippen LogP contribution in [0.5, 0.6) is 0 Å². The molecule has 0 spiro atoms. The third-order valence-electron chi connectivity index (χ3n) is 4.59. The number of carbonyl (C=O) groups is 1. The van der Waals surface area contributed by atoms with Gasteiger partial charge in [0.2, 0.25) is 0 Å². The molecule has 0 N–H and O–H groups in total. The normalized spacial score (nSPS) is 15.0. The number of hydrogen-bond donors (Lipinski definition) is 0. The topological polar surface area (TPSA) is 51.0 Å². The van der Waals surface area contributed by atoms with Gasteiger partial charge in [-0.05, 0) is 50.5 Å². The molecule has 122 valence electrons. The Morgan fingerprint density at radius 3 is 2.62 bits per heavy atom. The van der Waals surface area contributed by atoms with E-state index in [4.69, 9.17) is 0 Å². The number of aromatic nitrogens is 3. The number of aryl methyl sites for hydroxylation is 1. The van der Waals surface area contributed by atoms with E-state index in [1.165, 1.54) is 6.42 Å². The summed E-state index contributed by atoms with van der Waals surface area (Å²) in [6, 6.07) is 7.94. The molecule has 3 aromatic heterocycles. The van der Waals surface area contributed by atoms with Crippen LogP contribution in [0.2, 0.25) is 0 Å². The van der Waals surface area contributed by atoms with Crippen LogP contribution >= 0.6 is 0 Å². The van der Waals surface area contributed by atoms with Crippen LogP contribution in [0.4, 0.5) is 0 Å². The van der Waals surface area contributed by atoms with Gasteiger partial charge < -0.3 is 4.90 Å². The first-order valence-electron chi connectivity index (χ1n) is 8.42. The van der Waals surface area contributed by atoms with Crippen molar-refractivity contribution in [2.45, 2.75) is 26.2 Å². The van der Waals surface area contributed by atoms with Crippen molar-refractivity contribution in [3.05, 3.63) is 54.1 Å². The Kier molecular flexibility index (Phi) is 3.76. The number of carbonyl (C=O) groups excluding carboxylic acids is 1. The lowest BCUT2D eigenvalue weighted by molar-refractivity contribution is 0.0724. The van der Waals surface area contributed by atoms with Gasteiger partial charge in [-0.3, -0.25) is 14.3 Å². The Morgan fingerprint density at radius 1 is 1.04 bits per heavy atom. The molecule has 0 radical (unpaired) electrons. The molecule has 1 amide bonds. The van der Waals surface area contributed by atoms with E-state index in [1.807, 2.05) is 53.0 Å². The number of fused-ring (bicyclic) bond motifs is 1. The van der Waals surface area contributed by atoms with E-state index < -0.39 is 0 Å². The van der Waals surface area contributed by atoms with Crippen molar-refractivity contribution in [3.8, 4) is 5.69 Å². The largest absolute Gasteiger partial charge is 0.339 e. The number of piperidine rings is 1. The SMILES string of the molecule is Cc1ccc(-n2ccc3cc(C(=O)N4CCCCC4)cnc32)cn1. The fourth-order valence-electron chi connectivity index (χ4n) is 3.23. The Bertz CT molecular complexity index is 876. The van der Waals surface area contributed by atoms with E-state index in [9.17, 15) is 4.79 Å². The first kappa shape index (κ1) is 14.9. The van der Waals surface area contributed by atoms with E-state index in [0.29, 0.717) is 5.56 Å². The minimum atomic E-state index is 0.0915. The van der Waals surface area contributed by atoms with E-state index in [2.05, 4.69) is 9.97 Å². The summed E-state index contributed by atoms with van der Waals surface area (Å²) in [5, 5.41) is 0.971. The summed E-state index contributed by atoms with van der Waals surface area (Å²) in [7, 11) is 0. The zero-order valence-electron chi connectivity index (χ0n) is 13.8. The maximum absolute atomic E-state index is 12.6. The Hall–Kier alpha value is -2.69. The Morgan fingerprint density at radius 2 is 1.88 bits per heavy atom. The average molecular weight is 320 g/mol. The molecular weight excluding hydrogens is 300 g/mol. The van der Waals surface area contributed by atoms with Crippen molar-refractivity contribution < 1.29 is 4.79 Å². The molecule has 0 aliphatic carbocycles. The van der Waals surface area contributed by atoms with Gasteiger partial charge in [0.1, 0.15) is 5.65 Å². The highest BCUT2D eigenvalue weighted by atomic mass is 16.2. The van der Waals surface area contributed by atoms with Crippen molar-refractivity contribution in [2.24, 2.45) is 0 Å². The summed E-state index contributed by atoms with van der Waals surface area (Å²) in [6.45, 7) is 3.67. The van der Waals surface area contributed by atoms with Crippen molar-refractivity contribution in [1.82, 2.24) is 19.4 Å². The molecule has 1 aliphatic rings. The predicted octanol–water partition coefficient (Wildman–Crippen LogP) is 3.36. The van der Waals surface area contributed by atoms with Crippen LogP contribution in [0.25, 0.3) is 16.7 Å². The van der Waals surface area contributed by atoms with Gasteiger partial charge in [-0.25, -0.2) is 4.98 Å². The third kappa shape index (κ3) is 2.66. The Labute approximate surface area is 140 Å². The second kappa shape index (κ2) is 6.07. The molecule has 3 aromatic rings. The highest BCUT2D eigenvalue weighted by Crippen LogP contribution is 2.21. The number of pyridine rings is 2. The summed E-state index contributed by atoms with van der Waals surface area (Å²) in [6.07, 6.45) is 8.91. The van der Waals surface area contributed by atoms with Gasteiger partial charge in [0.15, 0.2) is 0 Å². The molecule has 0 saturated carbocycles. The molecular formula is C19H20N4O. The van der Waals surface area contributed by atoms with Crippen LogP contribution < -0.4 is 0 Å². The van der Waals surface area contributed by atoms with Crippen LogP contribution in [0.1, 0.15) is 35.3 Å². The van der Waals surface area contributed by atoms with Crippen LogP contribution in [0, 0.1) is 6.92 Å². The quantitative estimate of drug-likeness (QED) is 0.727. The monoisotopic (exact) mass is 320 g/mol. The zero-order chi connectivity index (χ0) is 16.5. The van der Waals surface area contributed by atoms with Gasteiger partial charge in [0, 0.05) is 36.6 Å². The third-order valence-corrected chi connectivity index (χ3v) is 4.59. The standard InChI is InChI=1S/C19H20N4O/c1-14-5-6-17(13-20-14)23-10-7-15-11-16(12-21-18(15)23)19(24)22-8-3-2-4-9-22/h5-7,10-13H,2-4,8-9H2,1H3. The van der Waals surface area contributed by atoms with Crippen LogP contribution in [0.15, 0.2) is 42.9 Å². The van der Waals surface area contributed by atoms with Crippen molar-refractivity contribution in [1.29, 1.82) is 0 Å². The maximum atomic E-state index is 12.6. The Balaban J connectivity index is 1.67. The van der Waals surface area contributed by atoms with E-state index in [0.717, 1.165) is 48.3 Å². The minimum absolute atomic E-state index is 0.0915. The van der Waals surface area contributed by atoms with Gasteiger partial charge in [0.05, 0.1) is 17.4 Å². The number of likely N-dealkylation sites (tertiary alicyclic amines) is 1. The van der Waals surface area contributed by atoms with Crippen molar-refractivity contribution in [3.63, 3.8) is 0 Å². The van der Waals surface area contributed by atoms with Gasteiger partial charge in [0.25, 0.3) is 5.91 Å². The second-order valence-corrected chi connectivity index (χ2v) is 6.33. The van der Waals surface area contributed by atoms with Crippen LogP contribution in [0.3, 0.4) is 0 Å². The highest BCUT2D eigenvalue weighted by Gasteiger charge is 2.19. The summed E-state index contributed by atoms with van der Waals surface area (Å²) in [5.41, 5.74) is 3.47. The maximum Gasteiger partial charge on any atom is 0.255 e. The fraction of sp³-hybridized carbons (Fsp3) is 0.316. The summed E-state index contributed by atoms with van der Waals surface area (Å²) in [5.74, 6) is 0.0915. The van der Waals surface area contributed by atoms with E-state index in [1.54, 1.807) is 6.20 Å². The summed E-state index contributed by atoms with van der Waals surface area (Å²) >= 11 is 0. The molecule has 4 heterocycles. The summed E-state index contributed by atoms with van der Waals surface area (Å²) < 4.78 is 2.00. The molecule has 5 nitrogen and oxygen atoms in total. The van der Waals surface area contributed by atoms with Gasteiger partial charge in [-0.2, -0.15) is 0 Å². The number of amides is 1. The lowest BCUT2D eigenvalue weighted by Crippen LogP contribution is -2.35. The fourth-order valence-corrected chi connectivity index (χ4v) is 3.23. The number of rotatable bonds is 2. The second-order valence-electron chi connectivity index (χ2n) is 6.33. The minimum Gasteiger partial charge on any atom is -0.339 e. The van der Waals surface area contributed by atoms with Gasteiger partial charge >= 0.3 is 0 Å². The van der Waals surface area contributed by atoms with Gasteiger partial charge in [-0.1, -0.05) is 0 Å².